The van der Waals surface area contributed by atoms with Crippen LogP contribution in [0.3, 0.4) is 0 Å². The van der Waals surface area contributed by atoms with Crippen LogP contribution >= 0.6 is 0 Å². The summed E-state index contributed by atoms with van der Waals surface area (Å²) in [5.74, 6) is 0.564. The topological polar surface area (TPSA) is 39.7 Å². The first-order valence-corrected chi connectivity index (χ1v) is 12.0. The van der Waals surface area contributed by atoms with Gasteiger partial charge in [-0.15, -0.1) is 0 Å². The van der Waals surface area contributed by atoms with Gasteiger partial charge in [-0.2, -0.15) is 0 Å². The summed E-state index contributed by atoms with van der Waals surface area (Å²) in [4.78, 5) is 0. The molecule has 2 atom stereocenters. The van der Waals surface area contributed by atoms with E-state index in [2.05, 4.69) is 30.4 Å². The van der Waals surface area contributed by atoms with Crippen LogP contribution in [0.25, 0.3) is 0 Å². The van der Waals surface area contributed by atoms with Crippen LogP contribution < -0.4 is 10.1 Å². The molecule has 0 saturated heterocycles. The molecule has 0 bridgehead atoms. The minimum Gasteiger partial charge on any atom is -0.485 e. The first-order chi connectivity index (χ1) is 16.5. The number of ether oxygens (including phenoxy) is 3. The van der Waals surface area contributed by atoms with Gasteiger partial charge in [0.15, 0.2) is 0 Å². The number of rotatable bonds is 10. The summed E-state index contributed by atoms with van der Waals surface area (Å²) in [6.45, 7) is 7.95. The molecule has 4 nitrogen and oxygen atoms in total. The third kappa shape index (κ3) is 5.96. The fourth-order valence-corrected chi connectivity index (χ4v) is 4.23. The van der Waals surface area contributed by atoms with Crippen molar-refractivity contribution in [2.24, 2.45) is 0 Å². The van der Waals surface area contributed by atoms with Gasteiger partial charge >= 0.3 is 0 Å². The highest BCUT2D eigenvalue weighted by Crippen LogP contribution is 2.44. The second-order valence-corrected chi connectivity index (χ2v) is 9.30. The molecule has 1 heterocycles. The molecule has 34 heavy (non-hydrogen) atoms. The normalized spacial score (nSPS) is 18.7. The Morgan fingerprint density at radius 3 is 2.44 bits per heavy atom. The number of halogens is 1. The standard InChI is InChI=1S/C29H34FNO3/c1-4-5-17-32-27-25-18-24(31-19-21-9-7-6-8-10-21)15-16-26(25)34-29(2,3)28(27)33-20-22-11-13-23(30)14-12-22/h6-16,18,27-28,31H,4-5,17,19-20H2,1-3H3. The predicted octanol–water partition coefficient (Wildman–Crippen LogP) is 7.05. The molecule has 3 aromatic rings. The maximum Gasteiger partial charge on any atom is 0.132 e. The third-order valence-corrected chi connectivity index (χ3v) is 6.13. The number of anilines is 1. The van der Waals surface area contributed by atoms with E-state index in [-0.39, 0.29) is 18.0 Å². The summed E-state index contributed by atoms with van der Waals surface area (Å²) in [7, 11) is 0. The van der Waals surface area contributed by atoms with Crippen LogP contribution in [-0.4, -0.2) is 18.3 Å². The van der Waals surface area contributed by atoms with E-state index in [1.165, 1.54) is 17.7 Å². The van der Waals surface area contributed by atoms with Gasteiger partial charge in [0.05, 0.1) is 6.61 Å². The molecule has 1 N–H and O–H groups in total. The van der Waals surface area contributed by atoms with Crippen LogP contribution in [-0.2, 0) is 22.6 Å². The smallest absolute Gasteiger partial charge is 0.132 e. The van der Waals surface area contributed by atoms with E-state index in [0.29, 0.717) is 13.2 Å². The summed E-state index contributed by atoms with van der Waals surface area (Å²) < 4.78 is 32.6. The molecule has 1 aliphatic heterocycles. The summed E-state index contributed by atoms with van der Waals surface area (Å²) in [6.07, 6.45) is 1.43. The Balaban J connectivity index is 1.57. The lowest BCUT2D eigenvalue weighted by Crippen LogP contribution is -2.51. The molecule has 0 saturated carbocycles. The van der Waals surface area contributed by atoms with Gasteiger partial charge in [0.1, 0.15) is 29.4 Å². The maximum absolute atomic E-state index is 13.3. The molecule has 0 aromatic heterocycles. The first kappa shape index (κ1) is 24.2. The largest absolute Gasteiger partial charge is 0.485 e. The van der Waals surface area contributed by atoms with Crippen LogP contribution in [0.4, 0.5) is 10.1 Å². The van der Waals surface area contributed by atoms with Crippen LogP contribution in [0.1, 0.15) is 56.4 Å². The van der Waals surface area contributed by atoms with Gasteiger partial charge in [-0.05, 0) is 61.7 Å². The average Bonchev–Trinajstić information content (AvgIpc) is 2.83. The minimum absolute atomic E-state index is 0.254. The number of benzene rings is 3. The monoisotopic (exact) mass is 463 g/mol. The van der Waals surface area contributed by atoms with E-state index in [1.807, 2.05) is 44.2 Å². The number of nitrogens with one attached hydrogen (secondary N) is 1. The molecule has 4 rings (SSSR count). The Hall–Kier alpha value is -2.89. The van der Waals surface area contributed by atoms with Gasteiger partial charge in [0, 0.05) is 24.4 Å². The lowest BCUT2D eigenvalue weighted by molar-refractivity contribution is -0.167. The lowest BCUT2D eigenvalue weighted by Gasteiger charge is -2.44. The molecular formula is C29H34FNO3. The second-order valence-electron chi connectivity index (χ2n) is 9.30. The number of unbranched alkanes of at least 4 members (excludes halogenated alkanes) is 1. The quantitative estimate of drug-likeness (QED) is 0.327. The van der Waals surface area contributed by atoms with Gasteiger partial charge in [-0.1, -0.05) is 55.8 Å². The molecule has 0 fully saturated rings. The summed E-state index contributed by atoms with van der Waals surface area (Å²) in [5, 5.41) is 3.51. The summed E-state index contributed by atoms with van der Waals surface area (Å²) in [5.41, 5.74) is 3.52. The Labute approximate surface area is 202 Å². The predicted molar refractivity (Wildman–Crippen MR) is 133 cm³/mol. The van der Waals surface area contributed by atoms with Crippen molar-refractivity contribution < 1.29 is 18.6 Å². The Kier molecular flexibility index (Phi) is 7.86. The first-order valence-electron chi connectivity index (χ1n) is 12.0. The SMILES string of the molecule is CCCCOC1c2cc(NCc3ccccc3)ccc2OC(C)(C)C1OCc1ccc(F)cc1. The van der Waals surface area contributed by atoms with E-state index in [1.54, 1.807) is 12.1 Å². The minimum atomic E-state index is -0.594. The zero-order chi connectivity index (χ0) is 24.0. The molecule has 0 aliphatic carbocycles. The number of fused-ring (bicyclic) bond motifs is 1. The third-order valence-electron chi connectivity index (χ3n) is 6.13. The van der Waals surface area contributed by atoms with E-state index in [4.69, 9.17) is 14.2 Å². The molecule has 2 unspecified atom stereocenters. The maximum atomic E-state index is 13.3. The molecule has 0 spiro atoms. The molecule has 5 heteroatoms. The molecule has 1 aliphatic rings. The van der Waals surface area contributed by atoms with Crippen molar-refractivity contribution in [1.29, 1.82) is 0 Å². The van der Waals surface area contributed by atoms with Gasteiger partial charge in [-0.3, -0.25) is 0 Å². The van der Waals surface area contributed by atoms with E-state index in [0.717, 1.165) is 42.0 Å². The number of hydrogen-bond donors (Lipinski definition) is 1. The lowest BCUT2D eigenvalue weighted by atomic mass is 9.87. The van der Waals surface area contributed by atoms with E-state index < -0.39 is 5.60 Å². The second kappa shape index (κ2) is 11.0. The highest BCUT2D eigenvalue weighted by molar-refractivity contribution is 5.53. The van der Waals surface area contributed by atoms with Crippen molar-refractivity contribution in [3.63, 3.8) is 0 Å². The molecule has 0 radical (unpaired) electrons. The average molecular weight is 464 g/mol. The van der Waals surface area contributed by atoms with Crippen molar-refractivity contribution in [1.82, 2.24) is 0 Å². The van der Waals surface area contributed by atoms with Crippen LogP contribution in [0, 0.1) is 5.82 Å². The Morgan fingerprint density at radius 2 is 1.71 bits per heavy atom. The van der Waals surface area contributed by atoms with Gasteiger partial charge in [-0.25, -0.2) is 4.39 Å². The zero-order valence-electron chi connectivity index (χ0n) is 20.2. The van der Waals surface area contributed by atoms with E-state index >= 15 is 0 Å². The van der Waals surface area contributed by atoms with E-state index in [9.17, 15) is 4.39 Å². The molecule has 3 aromatic carbocycles. The van der Waals surface area contributed by atoms with Crippen LogP contribution in [0.15, 0.2) is 72.8 Å². The summed E-state index contributed by atoms with van der Waals surface area (Å²) >= 11 is 0. The molecular weight excluding hydrogens is 429 g/mol. The zero-order valence-corrected chi connectivity index (χ0v) is 20.2. The van der Waals surface area contributed by atoms with Crippen molar-refractivity contribution >= 4 is 5.69 Å². The van der Waals surface area contributed by atoms with Crippen LogP contribution in [0.5, 0.6) is 5.75 Å². The highest BCUT2D eigenvalue weighted by Gasteiger charge is 2.45. The van der Waals surface area contributed by atoms with Crippen molar-refractivity contribution in [2.75, 3.05) is 11.9 Å². The van der Waals surface area contributed by atoms with Gasteiger partial charge < -0.3 is 19.5 Å². The Morgan fingerprint density at radius 1 is 0.941 bits per heavy atom. The van der Waals surface area contributed by atoms with Crippen molar-refractivity contribution in [3.05, 3.63) is 95.3 Å². The van der Waals surface area contributed by atoms with Gasteiger partial charge in [0.2, 0.25) is 0 Å². The van der Waals surface area contributed by atoms with Crippen molar-refractivity contribution in [2.45, 2.75) is 64.6 Å². The molecule has 0 amide bonds. The summed E-state index contributed by atoms with van der Waals surface area (Å²) in [6, 6.07) is 22.9. The number of hydrogen-bond acceptors (Lipinski definition) is 4. The van der Waals surface area contributed by atoms with Crippen LogP contribution in [0.2, 0.25) is 0 Å². The fourth-order valence-electron chi connectivity index (χ4n) is 4.23. The van der Waals surface area contributed by atoms with Crippen molar-refractivity contribution in [3.8, 4) is 5.75 Å². The fraction of sp³-hybridized carbons (Fsp3) is 0.379. The highest BCUT2D eigenvalue weighted by atomic mass is 19.1. The Bertz CT molecular complexity index is 1050. The van der Waals surface area contributed by atoms with Gasteiger partial charge in [0.25, 0.3) is 0 Å². The molecule has 180 valence electrons.